The zero-order chi connectivity index (χ0) is 9.80. The van der Waals surface area contributed by atoms with Crippen molar-refractivity contribution >= 4 is 6.03 Å². The molecule has 2 aliphatic rings. The molecule has 80 valence electrons. The number of carbonyl (C=O) groups excluding carboxylic acids is 1. The number of nitrogens with one attached hydrogen (secondary N) is 1. The van der Waals surface area contributed by atoms with Crippen molar-refractivity contribution in [3.63, 3.8) is 0 Å². The third-order valence-electron chi connectivity index (χ3n) is 2.96. The van der Waals surface area contributed by atoms with Gasteiger partial charge in [0.2, 0.25) is 0 Å². The summed E-state index contributed by atoms with van der Waals surface area (Å²) in [6, 6.07) is 0.106. The highest BCUT2D eigenvalue weighted by molar-refractivity contribution is 5.74. The second-order valence-electron chi connectivity index (χ2n) is 4.11. The fraction of sp³-hybridized carbons (Fsp3) is 0.900. The van der Waals surface area contributed by atoms with Gasteiger partial charge in [-0.15, -0.1) is 0 Å². The monoisotopic (exact) mass is 198 g/mol. The van der Waals surface area contributed by atoms with Crippen LogP contribution in [0.4, 0.5) is 4.79 Å². The summed E-state index contributed by atoms with van der Waals surface area (Å²) in [5.74, 6) is 0.529. The Morgan fingerprint density at radius 1 is 1.43 bits per heavy atom. The minimum Gasteiger partial charge on any atom is -0.381 e. The smallest absolute Gasteiger partial charge is 0.317 e. The number of amides is 2. The molecule has 1 atom stereocenters. The van der Waals surface area contributed by atoms with Gasteiger partial charge in [0.05, 0.1) is 6.61 Å². The van der Waals surface area contributed by atoms with Gasteiger partial charge in [0, 0.05) is 32.2 Å². The normalized spacial score (nSPS) is 26.9. The van der Waals surface area contributed by atoms with Crippen LogP contribution in [0.25, 0.3) is 0 Å². The van der Waals surface area contributed by atoms with Crippen molar-refractivity contribution in [3.05, 3.63) is 0 Å². The minimum atomic E-state index is 0.106. The van der Waals surface area contributed by atoms with E-state index in [1.807, 2.05) is 4.90 Å². The minimum absolute atomic E-state index is 0.106. The molecule has 2 amide bonds. The molecule has 0 aliphatic carbocycles. The molecule has 0 saturated carbocycles. The van der Waals surface area contributed by atoms with E-state index < -0.39 is 0 Å². The van der Waals surface area contributed by atoms with Crippen molar-refractivity contribution in [2.75, 3.05) is 32.8 Å². The van der Waals surface area contributed by atoms with Gasteiger partial charge in [0.15, 0.2) is 0 Å². The van der Waals surface area contributed by atoms with E-state index in [1.165, 1.54) is 0 Å². The van der Waals surface area contributed by atoms with E-state index in [0.717, 1.165) is 52.1 Å². The van der Waals surface area contributed by atoms with Gasteiger partial charge in [-0.2, -0.15) is 0 Å². The summed E-state index contributed by atoms with van der Waals surface area (Å²) in [4.78, 5) is 13.5. The van der Waals surface area contributed by atoms with Crippen LogP contribution < -0.4 is 5.32 Å². The number of rotatable bonds is 2. The molecule has 1 N–H and O–H groups in total. The number of carbonyl (C=O) groups is 1. The molecule has 2 fully saturated rings. The van der Waals surface area contributed by atoms with E-state index in [2.05, 4.69) is 5.32 Å². The summed E-state index contributed by atoms with van der Waals surface area (Å²) in [6.07, 6.45) is 3.39. The largest absolute Gasteiger partial charge is 0.381 e. The van der Waals surface area contributed by atoms with Crippen molar-refractivity contribution in [1.82, 2.24) is 10.2 Å². The quantitative estimate of drug-likeness (QED) is 0.714. The van der Waals surface area contributed by atoms with Crippen molar-refractivity contribution in [2.24, 2.45) is 5.92 Å². The molecular weight excluding hydrogens is 180 g/mol. The number of likely N-dealkylation sites (tertiary alicyclic amines) is 1. The van der Waals surface area contributed by atoms with Gasteiger partial charge in [0.25, 0.3) is 0 Å². The average molecular weight is 198 g/mol. The van der Waals surface area contributed by atoms with Gasteiger partial charge in [-0.1, -0.05) is 0 Å². The second-order valence-corrected chi connectivity index (χ2v) is 4.11. The highest BCUT2D eigenvalue weighted by atomic mass is 16.5. The van der Waals surface area contributed by atoms with Crippen LogP contribution in [0, 0.1) is 5.92 Å². The van der Waals surface area contributed by atoms with E-state index in [-0.39, 0.29) is 6.03 Å². The van der Waals surface area contributed by atoms with Crippen LogP contribution in [0.3, 0.4) is 0 Å². The maximum absolute atomic E-state index is 11.6. The van der Waals surface area contributed by atoms with Gasteiger partial charge >= 0.3 is 6.03 Å². The summed E-state index contributed by atoms with van der Waals surface area (Å²) >= 11 is 0. The molecule has 0 aromatic carbocycles. The lowest BCUT2D eigenvalue weighted by Gasteiger charge is -2.17. The highest BCUT2D eigenvalue weighted by Gasteiger charge is 2.20. The Morgan fingerprint density at radius 3 is 2.86 bits per heavy atom. The molecular formula is C10H18N2O2. The van der Waals surface area contributed by atoms with Crippen LogP contribution in [0.15, 0.2) is 0 Å². The molecule has 4 nitrogen and oxygen atoms in total. The van der Waals surface area contributed by atoms with E-state index in [4.69, 9.17) is 4.74 Å². The fourth-order valence-corrected chi connectivity index (χ4v) is 2.01. The molecule has 2 rings (SSSR count). The highest BCUT2D eigenvalue weighted by Crippen LogP contribution is 2.11. The predicted molar refractivity (Wildman–Crippen MR) is 53.1 cm³/mol. The number of hydrogen-bond acceptors (Lipinski definition) is 2. The van der Waals surface area contributed by atoms with Crippen molar-refractivity contribution in [3.8, 4) is 0 Å². The molecule has 14 heavy (non-hydrogen) atoms. The van der Waals surface area contributed by atoms with E-state index in [1.54, 1.807) is 0 Å². The molecule has 0 spiro atoms. The number of urea groups is 1. The van der Waals surface area contributed by atoms with E-state index in [0.29, 0.717) is 5.92 Å². The fourth-order valence-electron chi connectivity index (χ4n) is 2.01. The lowest BCUT2D eigenvalue weighted by molar-refractivity contribution is 0.182. The molecule has 0 aromatic rings. The summed E-state index contributed by atoms with van der Waals surface area (Å²) in [7, 11) is 0. The Kier molecular flexibility index (Phi) is 3.24. The number of nitrogens with zero attached hydrogens (tertiary/aromatic N) is 1. The van der Waals surface area contributed by atoms with Crippen LogP contribution in [0.1, 0.15) is 19.3 Å². The van der Waals surface area contributed by atoms with Crippen molar-refractivity contribution < 1.29 is 9.53 Å². The van der Waals surface area contributed by atoms with Crippen LogP contribution >= 0.6 is 0 Å². The number of ether oxygens (including phenoxy) is 1. The summed E-state index contributed by atoms with van der Waals surface area (Å²) < 4.78 is 5.25. The van der Waals surface area contributed by atoms with Gasteiger partial charge in [-0.25, -0.2) is 4.79 Å². The third-order valence-corrected chi connectivity index (χ3v) is 2.96. The summed E-state index contributed by atoms with van der Waals surface area (Å²) in [6.45, 7) is 4.28. The maximum atomic E-state index is 11.6. The Hall–Kier alpha value is -0.770. The van der Waals surface area contributed by atoms with Crippen molar-refractivity contribution in [1.29, 1.82) is 0 Å². The van der Waals surface area contributed by atoms with Gasteiger partial charge in [-0.05, 0) is 19.3 Å². The summed E-state index contributed by atoms with van der Waals surface area (Å²) in [5, 5.41) is 2.97. The zero-order valence-electron chi connectivity index (χ0n) is 8.50. The van der Waals surface area contributed by atoms with Crippen LogP contribution in [-0.2, 0) is 4.74 Å². The second kappa shape index (κ2) is 4.64. The van der Waals surface area contributed by atoms with Crippen LogP contribution in [0.5, 0.6) is 0 Å². The topological polar surface area (TPSA) is 41.6 Å². The molecule has 1 unspecified atom stereocenters. The van der Waals surface area contributed by atoms with E-state index in [9.17, 15) is 4.79 Å². The van der Waals surface area contributed by atoms with Gasteiger partial charge in [-0.3, -0.25) is 0 Å². The van der Waals surface area contributed by atoms with Gasteiger partial charge < -0.3 is 15.0 Å². The SMILES string of the molecule is O=C(NCC1CCOC1)N1CCCC1. The van der Waals surface area contributed by atoms with Crippen LogP contribution in [-0.4, -0.2) is 43.8 Å². The van der Waals surface area contributed by atoms with Gasteiger partial charge in [0.1, 0.15) is 0 Å². The standard InChI is InChI=1S/C10H18N2O2/c13-10(12-4-1-2-5-12)11-7-9-3-6-14-8-9/h9H,1-8H2,(H,11,13). The first-order valence-corrected chi connectivity index (χ1v) is 5.47. The Morgan fingerprint density at radius 2 is 2.21 bits per heavy atom. The first kappa shape index (κ1) is 9.77. The lowest BCUT2D eigenvalue weighted by Crippen LogP contribution is -2.40. The third kappa shape index (κ3) is 2.38. The van der Waals surface area contributed by atoms with E-state index >= 15 is 0 Å². The van der Waals surface area contributed by atoms with Crippen LogP contribution in [0.2, 0.25) is 0 Å². The molecule has 2 heterocycles. The average Bonchev–Trinajstić information content (AvgIpc) is 2.87. The molecule has 0 radical (unpaired) electrons. The molecule has 2 saturated heterocycles. The first-order chi connectivity index (χ1) is 6.86. The molecule has 4 heteroatoms. The summed E-state index contributed by atoms with van der Waals surface area (Å²) in [5.41, 5.74) is 0. The molecule has 0 bridgehead atoms. The Bertz CT molecular complexity index is 196. The Balaban J connectivity index is 1.66. The molecule has 2 aliphatic heterocycles. The number of hydrogen-bond donors (Lipinski definition) is 1. The Labute approximate surface area is 84.6 Å². The maximum Gasteiger partial charge on any atom is 0.317 e. The van der Waals surface area contributed by atoms with Crippen molar-refractivity contribution in [2.45, 2.75) is 19.3 Å². The lowest BCUT2D eigenvalue weighted by atomic mass is 10.1. The predicted octanol–water partition coefficient (Wildman–Crippen LogP) is 0.828. The first-order valence-electron chi connectivity index (χ1n) is 5.47. The molecule has 0 aromatic heterocycles. The zero-order valence-corrected chi connectivity index (χ0v) is 8.50.